The predicted octanol–water partition coefficient (Wildman–Crippen LogP) is 3.01. The summed E-state index contributed by atoms with van der Waals surface area (Å²) in [6, 6.07) is 11.9. The molecule has 0 N–H and O–H groups in total. The lowest BCUT2D eigenvalue weighted by atomic mass is 10.0. The molecule has 6 heteroatoms. The molecule has 3 heterocycles. The minimum atomic E-state index is 0.711. The lowest BCUT2D eigenvalue weighted by Gasteiger charge is -2.26. The third-order valence-corrected chi connectivity index (χ3v) is 4.28. The van der Waals surface area contributed by atoms with Gasteiger partial charge in [-0.25, -0.2) is 0 Å². The highest BCUT2D eigenvalue weighted by Crippen LogP contribution is 2.32. The van der Waals surface area contributed by atoms with E-state index in [2.05, 4.69) is 20.3 Å². The molecule has 0 saturated carbocycles. The van der Waals surface area contributed by atoms with Gasteiger partial charge in [0.05, 0.1) is 19.3 Å². The largest absolute Gasteiger partial charge is 0.497 e. The van der Waals surface area contributed by atoms with Crippen molar-refractivity contribution in [2.75, 3.05) is 18.6 Å². The maximum absolute atomic E-state index is 5.56. The summed E-state index contributed by atoms with van der Waals surface area (Å²) in [7, 11) is 1.66. The molecule has 1 aliphatic rings. The summed E-state index contributed by atoms with van der Waals surface area (Å²) in [6.45, 7) is 3.49. The molecule has 0 amide bonds. The van der Waals surface area contributed by atoms with Gasteiger partial charge in [0.25, 0.3) is 0 Å². The third kappa shape index (κ3) is 2.60. The Labute approximate surface area is 140 Å². The topological polar surface area (TPSA) is 64.3 Å². The van der Waals surface area contributed by atoms with Gasteiger partial charge in [-0.3, -0.25) is 0 Å². The molecule has 4 rings (SSSR count). The molecule has 0 atom stereocenters. The van der Waals surface area contributed by atoms with Crippen molar-refractivity contribution in [1.82, 2.24) is 15.4 Å². The fourth-order valence-electron chi connectivity index (χ4n) is 2.96. The number of aryl methyl sites for hydroxylation is 1. The molecule has 2 aromatic heterocycles. The fourth-order valence-corrected chi connectivity index (χ4v) is 2.96. The summed E-state index contributed by atoms with van der Waals surface area (Å²) in [5.41, 5.74) is 3.89. The van der Waals surface area contributed by atoms with Gasteiger partial charge in [-0.2, -0.15) is 5.10 Å². The molecule has 3 aromatic rings. The Morgan fingerprint density at radius 3 is 2.88 bits per heavy atom. The number of ether oxygens (including phenoxy) is 1. The van der Waals surface area contributed by atoms with Crippen LogP contribution in [-0.2, 0) is 13.0 Å². The minimum absolute atomic E-state index is 0.711. The van der Waals surface area contributed by atoms with Crippen LogP contribution < -0.4 is 9.64 Å². The van der Waals surface area contributed by atoms with Gasteiger partial charge in [0.2, 0.25) is 0 Å². The minimum Gasteiger partial charge on any atom is -0.497 e. The smallest absolute Gasteiger partial charge is 0.151 e. The van der Waals surface area contributed by atoms with Gasteiger partial charge in [-0.15, -0.1) is 5.10 Å². The number of anilines is 1. The van der Waals surface area contributed by atoms with Crippen molar-refractivity contribution in [2.45, 2.75) is 19.9 Å². The maximum atomic E-state index is 5.56. The van der Waals surface area contributed by atoms with Gasteiger partial charge in [0.1, 0.15) is 17.2 Å². The van der Waals surface area contributed by atoms with Crippen LogP contribution in [0.3, 0.4) is 0 Å². The number of aromatic nitrogens is 3. The van der Waals surface area contributed by atoms with Gasteiger partial charge in [0, 0.05) is 24.1 Å². The lowest BCUT2D eigenvalue weighted by Crippen LogP contribution is -2.30. The van der Waals surface area contributed by atoms with E-state index in [0.29, 0.717) is 6.54 Å². The van der Waals surface area contributed by atoms with Crippen LogP contribution in [0.4, 0.5) is 5.82 Å². The molecule has 1 aromatic carbocycles. The Morgan fingerprint density at radius 2 is 2.08 bits per heavy atom. The maximum Gasteiger partial charge on any atom is 0.151 e. The van der Waals surface area contributed by atoms with E-state index in [1.54, 1.807) is 7.11 Å². The van der Waals surface area contributed by atoms with E-state index < -0.39 is 0 Å². The standard InChI is InChI=1S/C18H18N4O2/c1-12-6-7-17(20-19-12)22-9-8-16-15(11-22)18(21-24-16)13-4-3-5-14(10-13)23-2/h3-7,10H,8-9,11H2,1-2H3. The highest BCUT2D eigenvalue weighted by Gasteiger charge is 2.26. The zero-order valence-electron chi connectivity index (χ0n) is 13.7. The van der Waals surface area contributed by atoms with Crippen LogP contribution in [0.5, 0.6) is 5.75 Å². The molecule has 0 spiro atoms. The van der Waals surface area contributed by atoms with Crippen molar-refractivity contribution < 1.29 is 9.26 Å². The number of hydrogen-bond acceptors (Lipinski definition) is 6. The van der Waals surface area contributed by atoms with Crippen LogP contribution in [-0.4, -0.2) is 29.0 Å². The number of fused-ring (bicyclic) bond motifs is 1. The van der Waals surface area contributed by atoms with E-state index in [9.17, 15) is 0 Å². The first-order chi connectivity index (χ1) is 11.7. The SMILES string of the molecule is COc1cccc(-c2noc3c2CN(c2ccc(C)nn2)CC3)c1. The van der Waals surface area contributed by atoms with E-state index in [-0.39, 0.29) is 0 Å². The van der Waals surface area contributed by atoms with Gasteiger partial charge in [-0.1, -0.05) is 17.3 Å². The molecule has 122 valence electrons. The third-order valence-electron chi connectivity index (χ3n) is 4.28. The molecule has 0 saturated heterocycles. The molecule has 0 radical (unpaired) electrons. The zero-order valence-corrected chi connectivity index (χ0v) is 13.7. The Kier molecular flexibility index (Phi) is 3.65. The second kappa shape index (κ2) is 5.96. The molecule has 0 fully saturated rings. The Bertz CT molecular complexity index is 858. The first-order valence-corrected chi connectivity index (χ1v) is 7.92. The van der Waals surface area contributed by atoms with Crippen LogP contribution >= 0.6 is 0 Å². The average Bonchev–Trinajstić information content (AvgIpc) is 3.05. The van der Waals surface area contributed by atoms with E-state index in [1.165, 1.54) is 0 Å². The summed E-state index contributed by atoms with van der Waals surface area (Å²) < 4.78 is 10.9. The van der Waals surface area contributed by atoms with Crippen LogP contribution in [0.2, 0.25) is 0 Å². The number of rotatable bonds is 3. The number of benzene rings is 1. The zero-order chi connectivity index (χ0) is 16.5. The second-order valence-corrected chi connectivity index (χ2v) is 5.87. The van der Waals surface area contributed by atoms with E-state index >= 15 is 0 Å². The predicted molar refractivity (Wildman–Crippen MR) is 90.0 cm³/mol. The van der Waals surface area contributed by atoms with Crippen molar-refractivity contribution in [3.8, 4) is 17.0 Å². The van der Waals surface area contributed by atoms with E-state index in [4.69, 9.17) is 9.26 Å². The molecule has 0 bridgehead atoms. The monoisotopic (exact) mass is 322 g/mol. The van der Waals surface area contributed by atoms with Crippen molar-refractivity contribution in [2.24, 2.45) is 0 Å². The molecule has 24 heavy (non-hydrogen) atoms. The Hall–Kier alpha value is -2.89. The van der Waals surface area contributed by atoms with E-state index in [1.807, 2.05) is 43.3 Å². The van der Waals surface area contributed by atoms with Crippen LogP contribution in [0.1, 0.15) is 17.0 Å². The Balaban J connectivity index is 1.67. The summed E-state index contributed by atoms with van der Waals surface area (Å²) in [4.78, 5) is 2.20. The molecule has 0 aliphatic carbocycles. The summed E-state index contributed by atoms with van der Waals surface area (Å²) in [6.07, 6.45) is 0.807. The second-order valence-electron chi connectivity index (χ2n) is 5.87. The first-order valence-electron chi connectivity index (χ1n) is 7.92. The lowest BCUT2D eigenvalue weighted by molar-refractivity contribution is 0.378. The Morgan fingerprint density at radius 1 is 1.17 bits per heavy atom. The highest BCUT2D eigenvalue weighted by atomic mass is 16.5. The quantitative estimate of drug-likeness (QED) is 0.738. The number of hydrogen-bond donors (Lipinski definition) is 0. The van der Waals surface area contributed by atoms with Gasteiger partial charge in [0.15, 0.2) is 5.82 Å². The van der Waals surface area contributed by atoms with Gasteiger partial charge in [-0.05, 0) is 31.2 Å². The van der Waals surface area contributed by atoms with Crippen molar-refractivity contribution in [1.29, 1.82) is 0 Å². The van der Waals surface area contributed by atoms with E-state index in [0.717, 1.165) is 52.8 Å². The first kappa shape index (κ1) is 14.7. The van der Waals surface area contributed by atoms with Gasteiger partial charge >= 0.3 is 0 Å². The molecule has 1 aliphatic heterocycles. The summed E-state index contributed by atoms with van der Waals surface area (Å²) in [5.74, 6) is 2.63. The molecular weight excluding hydrogens is 304 g/mol. The number of nitrogens with zero attached hydrogens (tertiary/aromatic N) is 4. The highest BCUT2D eigenvalue weighted by molar-refractivity contribution is 5.66. The summed E-state index contributed by atoms with van der Waals surface area (Å²) in [5, 5.41) is 12.7. The molecular formula is C18H18N4O2. The molecule has 0 unspecified atom stereocenters. The van der Waals surface area contributed by atoms with Crippen molar-refractivity contribution in [3.63, 3.8) is 0 Å². The van der Waals surface area contributed by atoms with Crippen molar-refractivity contribution in [3.05, 3.63) is 53.4 Å². The summed E-state index contributed by atoms with van der Waals surface area (Å²) >= 11 is 0. The van der Waals surface area contributed by atoms with Crippen LogP contribution in [0, 0.1) is 6.92 Å². The average molecular weight is 322 g/mol. The normalized spacial score (nSPS) is 13.7. The fraction of sp³-hybridized carbons (Fsp3) is 0.278. The number of methoxy groups -OCH3 is 1. The molecule has 6 nitrogen and oxygen atoms in total. The van der Waals surface area contributed by atoms with Crippen LogP contribution in [0.15, 0.2) is 40.9 Å². The van der Waals surface area contributed by atoms with Gasteiger partial charge < -0.3 is 14.2 Å². The van der Waals surface area contributed by atoms with Crippen molar-refractivity contribution >= 4 is 5.82 Å². The van der Waals surface area contributed by atoms with Crippen LogP contribution in [0.25, 0.3) is 11.3 Å².